The lowest BCUT2D eigenvalue weighted by atomic mass is 10.1. The summed E-state index contributed by atoms with van der Waals surface area (Å²) in [5, 5.41) is 13.3. The van der Waals surface area contributed by atoms with Gasteiger partial charge in [-0.25, -0.2) is 0 Å². The fraction of sp³-hybridized carbons (Fsp3) is 0.240. The van der Waals surface area contributed by atoms with E-state index in [1.807, 2.05) is 49.8 Å². The highest BCUT2D eigenvalue weighted by atomic mass is 32.2. The van der Waals surface area contributed by atoms with Crippen LogP contribution in [0.3, 0.4) is 0 Å². The number of nitrogens with two attached hydrogens (primary N) is 1. The summed E-state index contributed by atoms with van der Waals surface area (Å²) < 4.78 is 2.94. The molecule has 1 unspecified atom stereocenters. The fourth-order valence-corrected chi connectivity index (χ4v) is 3.80. The molecule has 0 radical (unpaired) electrons. The highest BCUT2D eigenvalue weighted by Crippen LogP contribution is 2.19. The monoisotopic (exact) mass is 478 g/mol. The largest absolute Gasteiger partial charge is 0.386 e. The van der Waals surface area contributed by atoms with Gasteiger partial charge in [0.2, 0.25) is 0 Å². The minimum Gasteiger partial charge on any atom is -0.386 e. The predicted molar refractivity (Wildman–Crippen MR) is 141 cm³/mol. The van der Waals surface area contributed by atoms with E-state index in [2.05, 4.69) is 37.5 Å². The Labute approximate surface area is 203 Å². The van der Waals surface area contributed by atoms with E-state index in [1.165, 1.54) is 5.39 Å². The van der Waals surface area contributed by atoms with Gasteiger partial charge in [-0.3, -0.25) is 19.6 Å². The van der Waals surface area contributed by atoms with Crippen molar-refractivity contribution in [1.29, 1.82) is 0 Å². The van der Waals surface area contributed by atoms with E-state index in [1.54, 1.807) is 12.1 Å². The Balaban J connectivity index is 0.000000226. The van der Waals surface area contributed by atoms with Crippen LogP contribution in [0, 0.1) is 0 Å². The highest BCUT2D eigenvalue weighted by molar-refractivity contribution is 7.95. The number of amides is 1. The van der Waals surface area contributed by atoms with Crippen molar-refractivity contribution in [1.82, 2.24) is 20.0 Å². The molecule has 1 atom stereocenters. The van der Waals surface area contributed by atoms with Gasteiger partial charge in [-0.05, 0) is 55.0 Å². The van der Waals surface area contributed by atoms with Gasteiger partial charge in [0.25, 0.3) is 5.91 Å². The second-order valence-corrected chi connectivity index (χ2v) is 8.16. The number of hydrogen-bond acceptors (Lipinski definition) is 7. The van der Waals surface area contributed by atoms with Gasteiger partial charge < -0.3 is 20.4 Å². The van der Waals surface area contributed by atoms with Crippen LogP contribution in [-0.4, -0.2) is 41.8 Å². The van der Waals surface area contributed by atoms with Gasteiger partial charge in [0, 0.05) is 54.6 Å². The average Bonchev–Trinajstić information content (AvgIpc) is 3.36. The summed E-state index contributed by atoms with van der Waals surface area (Å²) in [6.07, 6.45) is 6.79. The van der Waals surface area contributed by atoms with Crippen molar-refractivity contribution in [3.05, 3.63) is 72.6 Å². The highest BCUT2D eigenvalue weighted by Gasteiger charge is 2.13. The molecular formula is C25H30N6O2S. The fourth-order valence-electron chi connectivity index (χ4n) is 3.54. The third-order valence-electron chi connectivity index (χ3n) is 5.33. The van der Waals surface area contributed by atoms with Crippen LogP contribution in [0.5, 0.6) is 0 Å². The van der Waals surface area contributed by atoms with Crippen molar-refractivity contribution in [3.63, 3.8) is 0 Å². The maximum absolute atomic E-state index is 12.2. The van der Waals surface area contributed by atoms with Crippen LogP contribution in [0.4, 0.5) is 5.69 Å². The Bertz CT molecular complexity index is 1210. The molecule has 4 rings (SSSR count). The molecular weight excluding hydrogens is 448 g/mol. The van der Waals surface area contributed by atoms with Crippen molar-refractivity contribution in [2.75, 3.05) is 18.9 Å². The molecule has 8 nitrogen and oxygen atoms in total. The molecule has 0 aliphatic heterocycles. The van der Waals surface area contributed by atoms with Crippen LogP contribution >= 0.6 is 12.1 Å². The Morgan fingerprint density at radius 1 is 1.15 bits per heavy atom. The number of unbranched alkanes of at least 4 members (excludes halogenated alkanes) is 1. The summed E-state index contributed by atoms with van der Waals surface area (Å²) >= 11 is 1.08. The Kier molecular flexibility index (Phi) is 9.90. The Morgan fingerprint density at radius 2 is 2.00 bits per heavy atom. The number of fused-ring (bicyclic) bond motifs is 2. The number of anilines is 1. The second kappa shape index (κ2) is 13.3. The molecule has 0 aliphatic carbocycles. The number of carbonyl (C=O) groups is 2. The van der Waals surface area contributed by atoms with Gasteiger partial charge in [-0.15, -0.1) is 0 Å². The molecule has 0 saturated heterocycles. The standard InChI is InChI=1S/C15H20N4O2S.C10H10N2/c16-22-18-7-2-1-3-13(10-20)19-15(21)12-5-4-11-6-8-17-14(11)9-12;1-11-9-6-2-4-8-5-3-7-12-10(8)9/h4-6,8-10,13,17-18H,1-3,7,16H2,(H,19,21);2-7,11H,1H3. The zero-order valence-corrected chi connectivity index (χ0v) is 19.9. The van der Waals surface area contributed by atoms with Crippen LogP contribution in [0.15, 0.2) is 67.0 Å². The third kappa shape index (κ3) is 7.05. The zero-order valence-electron chi connectivity index (χ0n) is 19.1. The molecule has 6 N–H and O–H groups in total. The first-order valence-electron chi connectivity index (χ1n) is 11.1. The number of aromatic nitrogens is 2. The summed E-state index contributed by atoms with van der Waals surface area (Å²) in [5.74, 6) is -0.232. The van der Waals surface area contributed by atoms with E-state index in [0.717, 1.165) is 59.9 Å². The van der Waals surface area contributed by atoms with Crippen molar-refractivity contribution < 1.29 is 9.59 Å². The van der Waals surface area contributed by atoms with Gasteiger partial charge >= 0.3 is 0 Å². The summed E-state index contributed by atoms with van der Waals surface area (Å²) in [7, 11) is 1.91. The van der Waals surface area contributed by atoms with E-state index in [0.29, 0.717) is 12.0 Å². The number of nitrogens with one attached hydrogen (secondary N) is 4. The number of H-pyrrole nitrogens is 1. The second-order valence-electron chi connectivity index (χ2n) is 7.63. The molecule has 2 aromatic heterocycles. The number of nitrogens with zero attached hydrogens (tertiary/aromatic N) is 1. The number of rotatable bonds is 10. The van der Waals surface area contributed by atoms with Crippen molar-refractivity contribution in [3.8, 4) is 0 Å². The summed E-state index contributed by atoms with van der Waals surface area (Å²) in [4.78, 5) is 30.7. The van der Waals surface area contributed by atoms with Crippen LogP contribution in [0.1, 0.15) is 29.6 Å². The van der Waals surface area contributed by atoms with Crippen molar-refractivity contribution in [2.45, 2.75) is 25.3 Å². The van der Waals surface area contributed by atoms with Gasteiger partial charge in [0.05, 0.1) is 17.2 Å². The average molecular weight is 479 g/mol. The quantitative estimate of drug-likeness (QED) is 0.132. The summed E-state index contributed by atoms with van der Waals surface area (Å²) in [6.45, 7) is 0.782. The van der Waals surface area contributed by atoms with Crippen LogP contribution in [-0.2, 0) is 4.79 Å². The molecule has 34 heavy (non-hydrogen) atoms. The van der Waals surface area contributed by atoms with Crippen LogP contribution in [0.2, 0.25) is 0 Å². The molecule has 2 heterocycles. The lowest BCUT2D eigenvalue weighted by Crippen LogP contribution is -2.36. The number of pyridine rings is 1. The number of hydrogen-bond donors (Lipinski definition) is 5. The van der Waals surface area contributed by atoms with Gasteiger partial charge in [0.15, 0.2) is 0 Å². The first-order chi connectivity index (χ1) is 16.7. The Hall–Kier alpha value is -3.40. The molecule has 9 heteroatoms. The topological polar surface area (TPSA) is 125 Å². The first-order valence-corrected chi connectivity index (χ1v) is 12.0. The summed E-state index contributed by atoms with van der Waals surface area (Å²) in [6, 6.07) is 17.0. The van der Waals surface area contributed by atoms with E-state index in [9.17, 15) is 9.59 Å². The van der Waals surface area contributed by atoms with Gasteiger partial charge in [0.1, 0.15) is 6.29 Å². The van der Waals surface area contributed by atoms with Crippen LogP contribution < -0.4 is 20.5 Å². The number of para-hydroxylation sites is 1. The predicted octanol–water partition coefficient (Wildman–Crippen LogP) is 4.02. The number of aldehydes is 1. The minimum atomic E-state index is -0.461. The lowest BCUT2D eigenvalue weighted by molar-refractivity contribution is -0.109. The molecule has 2 aromatic carbocycles. The molecule has 1 amide bonds. The summed E-state index contributed by atoms with van der Waals surface area (Å²) in [5.41, 5.74) is 3.55. The lowest BCUT2D eigenvalue weighted by Gasteiger charge is -2.12. The Morgan fingerprint density at radius 3 is 2.79 bits per heavy atom. The maximum atomic E-state index is 12.2. The SMILES string of the molecule is CNc1cccc2cccnc12.NSNCCCCC(C=O)NC(=O)c1ccc2cc[nH]c2c1. The molecule has 0 bridgehead atoms. The van der Waals surface area contributed by atoms with E-state index >= 15 is 0 Å². The normalized spacial score (nSPS) is 11.5. The molecule has 0 spiro atoms. The van der Waals surface area contributed by atoms with Crippen molar-refractivity contribution in [2.24, 2.45) is 5.14 Å². The van der Waals surface area contributed by atoms with E-state index in [-0.39, 0.29) is 5.91 Å². The number of aromatic amines is 1. The number of benzene rings is 2. The maximum Gasteiger partial charge on any atom is 0.251 e. The minimum absolute atomic E-state index is 0.232. The smallest absolute Gasteiger partial charge is 0.251 e. The molecule has 0 fully saturated rings. The molecule has 0 saturated carbocycles. The van der Waals surface area contributed by atoms with E-state index < -0.39 is 6.04 Å². The molecule has 0 aliphatic rings. The zero-order chi connectivity index (χ0) is 24.2. The van der Waals surface area contributed by atoms with Crippen molar-refractivity contribution >= 4 is 51.8 Å². The first kappa shape index (κ1) is 25.2. The number of carbonyl (C=O) groups excluding carboxylic acids is 2. The third-order valence-corrected chi connectivity index (χ3v) is 5.70. The van der Waals surface area contributed by atoms with Crippen LogP contribution in [0.25, 0.3) is 21.8 Å². The molecule has 178 valence electrons. The molecule has 4 aromatic rings. The van der Waals surface area contributed by atoms with Gasteiger partial charge in [-0.1, -0.05) is 24.3 Å². The van der Waals surface area contributed by atoms with E-state index in [4.69, 9.17) is 5.14 Å². The van der Waals surface area contributed by atoms with Gasteiger partial charge in [-0.2, -0.15) is 0 Å².